The number of hydrogen-bond donors (Lipinski definition) is 1. The van der Waals surface area contributed by atoms with Gasteiger partial charge in [0.05, 0.1) is 7.11 Å². The van der Waals surface area contributed by atoms with Gasteiger partial charge in [-0.05, 0) is 51.1 Å². The molecule has 2 aliphatic carbocycles. The fourth-order valence-electron chi connectivity index (χ4n) is 4.09. The summed E-state index contributed by atoms with van der Waals surface area (Å²) in [7, 11) is 3.29. The van der Waals surface area contributed by atoms with Crippen LogP contribution in [0.25, 0.3) is 0 Å². The second kappa shape index (κ2) is 8.62. The van der Waals surface area contributed by atoms with Crippen molar-refractivity contribution >= 4 is 11.8 Å². The van der Waals surface area contributed by atoms with Gasteiger partial charge in [0.25, 0.3) is 0 Å². The first-order valence-corrected chi connectivity index (χ1v) is 9.09. The number of nitrogens with one attached hydrogen (secondary N) is 1. The van der Waals surface area contributed by atoms with Crippen LogP contribution in [0.5, 0.6) is 0 Å². The molecule has 2 aliphatic rings. The zero-order valence-electron chi connectivity index (χ0n) is 14.7. The minimum absolute atomic E-state index is 0.188. The Hall–Kier alpha value is -1.16. The predicted octanol–water partition coefficient (Wildman–Crippen LogP) is 3.55. The number of allylic oxidation sites excluding steroid dienone is 1. The van der Waals surface area contributed by atoms with Crippen molar-refractivity contribution in [2.24, 2.45) is 5.92 Å². The summed E-state index contributed by atoms with van der Waals surface area (Å²) in [4.78, 5) is 24.2. The maximum Gasteiger partial charge on any atom is 0.326 e. The molecule has 0 saturated heterocycles. The molecule has 0 amide bonds. The third-order valence-corrected chi connectivity index (χ3v) is 5.57. The monoisotopic (exact) mass is 321 g/mol. The van der Waals surface area contributed by atoms with Crippen LogP contribution in [0.2, 0.25) is 0 Å². The Morgan fingerprint density at radius 1 is 1.26 bits per heavy atom. The summed E-state index contributed by atoms with van der Waals surface area (Å²) in [6, 6.07) is 0. The van der Waals surface area contributed by atoms with E-state index in [0.717, 1.165) is 37.2 Å². The summed E-state index contributed by atoms with van der Waals surface area (Å²) in [5.74, 6) is 0.714. The van der Waals surface area contributed by atoms with E-state index in [1.165, 1.54) is 39.2 Å². The van der Waals surface area contributed by atoms with E-state index in [9.17, 15) is 9.59 Å². The number of rotatable bonds is 7. The number of esters is 1. The molecule has 1 saturated carbocycles. The molecule has 1 fully saturated rings. The lowest BCUT2D eigenvalue weighted by Gasteiger charge is -2.34. The lowest BCUT2D eigenvalue weighted by atomic mass is 9.78. The van der Waals surface area contributed by atoms with E-state index in [0.29, 0.717) is 12.8 Å². The highest BCUT2D eigenvalue weighted by Gasteiger charge is 2.39. The first-order valence-electron chi connectivity index (χ1n) is 9.09. The van der Waals surface area contributed by atoms with Gasteiger partial charge in [-0.3, -0.25) is 9.59 Å². The van der Waals surface area contributed by atoms with Crippen LogP contribution in [0.1, 0.15) is 70.6 Å². The van der Waals surface area contributed by atoms with Crippen LogP contribution in [0, 0.1) is 5.92 Å². The zero-order chi connectivity index (χ0) is 16.7. The van der Waals surface area contributed by atoms with Crippen molar-refractivity contribution in [1.82, 2.24) is 5.32 Å². The molecule has 0 spiro atoms. The van der Waals surface area contributed by atoms with Gasteiger partial charge in [-0.1, -0.05) is 37.7 Å². The number of carbonyl (C=O) groups is 2. The van der Waals surface area contributed by atoms with Gasteiger partial charge in [0, 0.05) is 6.42 Å². The number of ether oxygens (including phenoxy) is 1. The number of methoxy groups -OCH3 is 1. The molecule has 2 rings (SSSR count). The molecule has 0 radical (unpaired) electrons. The quantitative estimate of drug-likeness (QED) is 0.729. The molecule has 130 valence electrons. The second-order valence-electron chi connectivity index (χ2n) is 7.17. The fourth-order valence-corrected chi connectivity index (χ4v) is 4.09. The number of likely N-dealkylation sites (N-methyl/N-ethyl adjacent to an activating group) is 1. The maximum absolute atomic E-state index is 12.5. The lowest BCUT2D eigenvalue weighted by molar-refractivity contribution is -0.149. The molecule has 23 heavy (non-hydrogen) atoms. The largest absolute Gasteiger partial charge is 0.468 e. The highest BCUT2D eigenvalue weighted by molar-refractivity contribution is 5.91. The number of carbonyl (C=O) groups excluding carboxylic acids is 2. The van der Waals surface area contributed by atoms with Crippen molar-refractivity contribution in [2.75, 3.05) is 14.2 Å². The molecule has 0 bridgehead atoms. The van der Waals surface area contributed by atoms with E-state index in [4.69, 9.17) is 4.74 Å². The molecule has 0 aromatic heterocycles. The molecule has 0 aromatic rings. The van der Waals surface area contributed by atoms with Crippen LogP contribution >= 0.6 is 0 Å². The lowest BCUT2D eigenvalue weighted by Crippen LogP contribution is -2.51. The molecule has 0 aliphatic heterocycles. The van der Waals surface area contributed by atoms with Gasteiger partial charge in [0.1, 0.15) is 5.54 Å². The Bertz CT molecular complexity index is 452. The highest BCUT2D eigenvalue weighted by Crippen LogP contribution is 2.33. The number of hydrogen-bond acceptors (Lipinski definition) is 4. The molecular formula is C19H31NO3. The van der Waals surface area contributed by atoms with E-state index in [2.05, 4.69) is 5.32 Å². The molecule has 4 heteroatoms. The van der Waals surface area contributed by atoms with Crippen LogP contribution in [0.4, 0.5) is 0 Å². The normalized spacial score (nSPS) is 22.3. The van der Waals surface area contributed by atoms with Crippen molar-refractivity contribution in [1.29, 1.82) is 0 Å². The predicted molar refractivity (Wildman–Crippen MR) is 91.2 cm³/mol. The fraction of sp³-hybridized carbons (Fsp3) is 0.789. The summed E-state index contributed by atoms with van der Waals surface area (Å²) in [5.41, 5.74) is 0.403. The van der Waals surface area contributed by atoms with Gasteiger partial charge in [-0.15, -0.1) is 0 Å². The average Bonchev–Trinajstić information content (AvgIpc) is 2.59. The molecule has 0 unspecified atom stereocenters. The van der Waals surface area contributed by atoms with Crippen molar-refractivity contribution in [3.63, 3.8) is 0 Å². The van der Waals surface area contributed by atoms with E-state index in [-0.39, 0.29) is 11.8 Å². The summed E-state index contributed by atoms with van der Waals surface area (Å²) in [6.45, 7) is 0. The first-order chi connectivity index (χ1) is 11.1. The smallest absolute Gasteiger partial charge is 0.326 e. The standard InChI is InChI=1S/C19H31NO3/c1-20-19(18(22)23-2,12-11-15-7-4-3-5-8-15)14-16-9-6-10-17(21)13-16/h13,15,20H,3-12,14H2,1-2H3/t19-/m1/s1. The van der Waals surface area contributed by atoms with Crippen molar-refractivity contribution in [3.8, 4) is 0 Å². The van der Waals surface area contributed by atoms with Gasteiger partial charge in [-0.25, -0.2) is 0 Å². The van der Waals surface area contributed by atoms with Crippen LogP contribution < -0.4 is 5.32 Å². The molecule has 0 heterocycles. The van der Waals surface area contributed by atoms with E-state index in [1.54, 1.807) is 6.08 Å². The highest BCUT2D eigenvalue weighted by atomic mass is 16.5. The van der Waals surface area contributed by atoms with E-state index >= 15 is 0 Å². The SMILES string of the molecule is CN[C@](CCC1CCCCC1)(CC1=CC(=O)CCC1)C(=O)OC. The zero-order valence-corrected chi connectivity index (χ0v) is 14.7. The van der Waals surface area contributed by atoms with E-state index in [1.807, 2.05) is 7.05 Å². The van der Waals surface area contributed by atoms with Gasteiger partial charge < -0.3 is 10.1 Å². The topological polar surface area (TPSA) is 55.4 Å². The molecule has 1 N–H and O–H groups in total. The van der Waals surface area contributed by atoms with E-state index < -0.39 is 5.54 Å². The van der Waals surface area contributed by atoms with Crippen molar-refractivity contribution in [3.05, 3.63) is 11.6 Å². The van der Waals surface area contributed by atoms with Crippen LogP contribution in [-0.2, 0) is 14.3 Å². The Labute approximate surface area is 140 Å². The van der Waals surface area contributed by atoms with Gasteiger partial charge in [0.15, 0.2) is 5.78 Å². The summed E-state index contributed by atoms with van der Waals surface area (Å²) in [5, 5.41) is 3.24. The third kappa shape index (κ3) is 4.90. The van der Waals surface area contributed by atoms with Gasteiger partial charge in [-0.2, -0.15) is 0 Å². The molecule has 4 nitrogen and oxygen atoms in total. The summed E-state index contributed by atoms with van der Waals surface area (Å²) < 4.78 is 5.10. The van der Waals surface area contributed by atoms with Crippen molar-refractivity contribution in [2.45, 2.75) is 76.2 Å². The Morgan fingerprint density at radius 2 is 2.00 bits per heavy atom. The van der Waals surface area contributed by atoms with Crippen LogP contribution in [0.15, 0.2) is 11.6 Å². The Kier molecular flexibility index (Phi) is 6.82. The van der Waals surface area contributed by atoms with Gasteiger partial charge >= 0.3 is 5.97 Å². The Balaban J connectivity index is 2.07. The molecular weight excluding hydrogens is 290 g/mol. The number of ketones is 1. The van der Waals surface area contributed by atoms with Gasteiger partial charge in [0.2, 0.25) is 0 Å². The van der Waals surface area contributed by atoms with Crippen LogP contribution in [0.3, 0.4) is 0 Å². The maximum atomic E-state index is 12.5. The summed E-state index contributed by atoms with van der Waals surface area (Å²) >= 11 is 0. The molecule has 0 aromatic carbocycles. The second-order valence-corrected chi connectivity index (χ2v) is 7.17. The first kappa shape index (κ1) is 18.2. The van der Waals surface area contributed by atoms with Crippen LogP contribution in [-0.4, -0.2) is 31.4 Å². The molecule has 1 atom stereocenters. The van der Waals surface area contributed by atoms with Crippen molar-refractivity contribution < 1.29 is 14.3 Å². The average molecular weight is 321 g/mol. The Morgan fingerprint density at radius 3 is 2.61 bits per heavy atom. The third-order valence-electron chi connectivity index (χ3n) is 5.57. The minimum Gasteiger partial charge on any atom is -0.468 e. The summed E-state index contributed by atoms with van der Waals surface area (Å²) in [6.07, 6.45) is 13.2. The minimum atomic E-state index is -0.685.